The number of nitrogens with zero attached hydrogens (tertiary/aromatic N) is 2. The molecule has 1 unspecified atom stereocenters. The van der Waals surface area contributed by atoms with E-state index in [0.29, 0.717) is 12.4 Å². The minimum Gasteiger partial charge on any atom is -0.471 e. The number of carbonyl (C=O) groups is 2. The molecule has 3 aromatic rings. The third-order valence-corrected chi connectivity index (χ3v) is 7.06. The van der Waals surface area contributed by atoms with Gasteiger partial charge in [-0.3, -0.25) is 4.79 Å². The van der Waals surface area contributed by atoms with Gasteiger partial charge >= 0.3 is 0 Å². The van der Waals surface area contributed by atoms with Crippen molar-refractivity contribution in [2.24, 2.45) is 11.8 Å². The van der Waals surface area contributed by atoms with E-state index in [-0.39, 0.29) is 5.82 Å². The number of ether oxygens (including phenoxy) is 1. The van der Waals surface area contributed by atoms with E-state index in [2.05, 4.69) is 70.0 Å². The maximum atomic E-state index is 13.9. The Morgan fingerprint density at radius 2 is 1.51 bits per heavy atom. The second-order valence-electron chi connectivity index (χ2n) is 10.7. The fourth-order valence-electron chi connectivity index (χ4n) is 4.83. The van der Waals surface area contributed by atoms with Crippen LogP contribution in [0.1, 0.15) is 50.7 Å². The Balaban J connectivity index is 0.000000374. The van der Waals surface area contributed by atoms with Crippen LogP contribution in [0.3, 0.4) is 0 Å². The monoisotopic (exact) mass is 560 g/mol. The van der Waals surface area contributed by atoms with Crippen molar-refractivity contribution in [2.75, 3.05) is 38.1 Å². The van der Waals surface area contributed by atoms with Gasteiger partial charge < -0.3 is 19.3 Å². The number of aldehydes is 1. The SMILES string of the molecule is C/C=C/c1cc(F)cc(N(C)Cc2ccc(-c3ccc(N(C)C)cc3)cc2)c1.COC=O.C[C@@H]1CCCC(C=O)C1. The first-order valence-electron chi connectivity index (χ1n) is 14.1. The van der Waals surface area contributed by atoms with E-state index in [0.717, 1.165) is 42.8 Å². The normalized spacial score (nSPS) is 16.0. The fourth-order valence-corrected chi connectivity index (χ4v) is 4.83. The number of hydrogen-bond donors (Lipinski definition) is 0. The molecule has 2 atom stereocenters. The summed E-state index contributed by atoms with van der Waals surface area (Å²) in [5.74, 6) is 0.955. The van der Waals surface area contributed by atoms with Crippen LogP contribution in [-0.2, 0) is 20.9 Å². The predicted octanol–water partition coefficient (Wildman–Crippen LogP) is 8.03. The molecular formula is C35H45FN2O3. The number of hydrogen-bond acceptors (Lipinski definition) is 5. The minimum atomic E-state index is -0.214. The molecule has 1 fully saturated rings. The summed E-state index contributed by atoms with van der Waals surface area (Å²) in [6.07, 6.45) is 9.79. The predicted molar refractivity (Wildman–Crippen MR) is 170 cm³/mol. The summed E-state index contributed by atoms with van der Waals surface area (Å²) >= 11 is 0. The molecule has 0 heterocycles. The fraction of sp³-hybridized carbons (Fsp3) is 0.371. The van der Waals surface area contributed by atoms with Crippen LogP contribution < -0.4 is 9.80 Å². The smallest absolute Gasteiger partial charge is 0.292 e. The molecule has 0 bridgehead atoms. The molecule has 0 aromatic heterocycles. The van der Waals surface area contributed by atoms with Gasteiger partial charge in [-0.15, -0.1) is 0 Å². The van der Waals surface area contributed by atoms with Crippen molar-refractivity contribution in [2.45, 2.75) is 46.1 Å². The van der Waals surface area contributed by atoms with E-state index >= 15 is 0 Å². The van der Waals surface area contributed by atoms with Crippen molar-refractivity contribution in [3.63, 3.8) is 0 Å². The third-order valence-electron chi connectivity index (χ3n) is 7.06. The lowest BCUT2D eigenvalue weighted by Gasteiger charge is -2.21. The van der Waals surface area contributed by atoms with Crippen LogP contribution in [0.4, 0.5) is 15.8 Å². The number of allylic oxidation sites excluding steroid dienone is 1. The molecule has 0 radical (unpaired) electrons. The molecule has 220 valence electrons. The van der Waals surface area contributed by atoms with Crippen LogP contribution in [-0.4, -0.2) is 41.0 Å². The number of halogens is 1. The molecule has 0 aliphatic heterocycles. The van der Waals surface area contributed by atoms with Gasteiger partial charge in [-0.2, -0.15) is 0 Å². The van der Waals surface area contributed by atoms with E-state index in [1.54, 1.807) is 12.1 Å². The van der Waals surface area contributed by atoms with Gasteiger partial charge in [-0.05, 0) is 78.3 Å². The second kappa shape index (κ2) is 17.7. The Morgan fingerprint density at radius 3 is 2.00 bits per heavy atom. The molecule has 3 aromatic carbocycles. The van der Waals surface area contributed by atoms with E-state index < -0.39 is 0 Å². The molecule has 0 saturated heterocycles. The summed E-state index contributed by atoms with van der Waals surface area (Å²) in [5, 5.41) is 0. The van der Waals surface area contributed by atoms with Crippen LogP contribution in [0.25, 0.3) is 17.2 Å². The summed E-state index contributed by atoms with van der Waals surface area (Å²) in [6.45, 7) is 5.26. The van der Waals surface area contributed by atoms with Crippen molar-refractivity contribution in [3.05, 3.63) is 89.8 Å². The van der Waals surface area contributed by atoms with Gasteiger partial charge in [-0.25, -0.2) is 4.39 Å². The maximum absolute atomic E-state index is 13.9. The zero-order chi connectivity index (χ0) is 30.2. The van der Waals surface area contributed by atoms with Crippen LogP contribution in [0.2, 0.25) is 0 Å². The quantitative estimate of drug-likeness (QED) is 0.261. The first kappa shape index (κ1) is 33.3. The summed E-state index contributed by atoms with van der Waals surface area (Å²) < 4.78 is 17.8. The number of carbonyl (C=O) groups excluding carboxylic acids is 2. The molecule has 5 nitrogen and oxygen atoms in total. The molecule has 1 saturated carbocycles. The van der Waals surface area contributed by atoms with Crippen LogP contribution >= 0.6 is 0 Å². The molecule has 1 aliphatic rings. The van der Waals surface area contributed by atoms with Crippen LogP contribution in [0.5, 0.6) is 0 Å². The van der Waals surface area contributed by atoms with Gasteiger partial charge in [0, 0.05) is 45.0 Å². The van der Waals surface area contributed by atoms with Crippen molar-refractivity contribution < 1.29 is 18.7 Å². The highest BCUT2D eigenvalue weighted by molar-refractivity contribution is 5.66. The lowest BCUT2D eigenvalue weighted by molar-refractivity contribution is -0.126. The highest BCUT2D eigenvalue weighted by Gasteiger charge is 2.17. The van der Waals surface area contributed by atoms with Crippen LogP contribution in [0, 0.1) is 17.7 Å². The van der Waals surface area contributed by atoms with E-state index in [1.807, 2.05) is 46.3 Å². The van der Waals surface area contributed by atoms with Gasteiger partial charge in [0.05, 0.1) is 7.11 Å². The average molecular weight is 561 g/mol. The Hall–Kier alpha value is -3.93. The summed E-state index contributed by atoms with van der Waals surface area (Å²) in [7, 11) is 7.38. The minimum absolute atomic E-state index is 0.214. The molecule has 41 heavy (non-hydrogen) atoms. The van der Waals surface area contributed by atoms with Gasteiger partial charge in [0.2, 0.25) is 0 Å². The van der Waals surface area contributed by atoms with Crippen molar-refractivity contribution in [1.29, 1.82) is 0 Å². The standard InChI is InChI=1S/C25H27FN2.C8H14O.C2H4O2/c1-5-6-20-15-23(26)17-25(16-20)28(4)18-19-7-9-21(10-8-19)22-11-13-24(14-12-22)27(2)3;1-7-3-2-4-8(5-7)6-9;1-4-2-3/h5-17H,18H2,1-4H3;6-8H,2-5H2,1H3;2H,1H3/b6-5+;;/t;7-,8?;/m.1./s1. The van der Waals surface area contributed by atoms with Gasteiger partial charge in [0.25, 0.3) is 6.47 Å². The maximum Gasteiger partial charge on any atom is 0.292 e. The topological polar surface area (TPSA) is 49.9 Å². The van der Waals surface area contributed by atoms with E-state index in [1.165, 1.54) is 42.3 Å². The van der Waals surface area contributed by atoms with Gasteiger partial charge in [-0.1, -0.05) is 68.3 Å². The largest absolute Gasteiger partial charge is 0.471 e. The molecule has 0 spiro atoms. The van der Waals surface area contributed by atoms with Gasteiger partial charge in [0.1, 0.15) is 12.1 Å². The Morgan fingerprint density at radius 1 is 0.902 bits per heavy atom. The Bertz CT molecular complexity index is 1220. The average Bonchev–Trinajstić information content (AvgIpc) is 2.98. The lowest BCUT2D eigenvalue weighted by atomic mass is 9.83. The highest BCUT2D eigenvalue weighted by atomic mass is 19.1. The van der Waals surface area contributed by atoms with Crippen molar-refractivity contribution in [3.8, 4) is 11.1 Å². The molecule has 0 N–H and O–H groups in total. The molecular weight excluding hydrogens is 515 g/mol. The number of methoxy groups -OCH3 is 1. The second-order valence-corrected chi connectivity index (χ2v) is 10.7. The lowest BCUT2D eigenvalue weighted by Crippen LogP contribution is -2.16. The zero-order valence-corrected chi connectivity index (χ0v) is 25.3. The Kier molecular flexibility index (Phi) is 14.4. The first-order chi connectivity index (χ1) is 19.7. The summed E-state index contributed by atoms with van der Waals surface area (Å²) in [6, 6.07) is 22.2. The van der Waals surface area contributed by atoms with Gasteiger partial charge in [0.15, 0.2) is 0 Å². The molecule has 1 aliphatic carbocycles. The molecule has 6 heteroatoms. The van der Waals surface area contributed by atoms with Crippen molar-refractivity contribution >= 4 is 30.2 Å². The number of anilines is 2. The third kappa shape index (κ3) is 11.6. The Labute approximate surface area is 245 Å². The highest BCUT2D eigenvalue weighted by Crippen LogP contribution is 2.27. The van der Waals surface area contributed by atoms with E-state index in [9.17, 15) is 9.18 Å². The first-order valence-corrected chi connectivity index (χ1v) is 14.1. The molecule has 4 rings (SSSR count). The van der Waals surface area contributed by atoms with Crippen LogP contribution in [0.15, 0.2) is 72.8 Å². The number of benzene rings is 3. The van der Waals surface area contributed by atoms with Crippen molar-refractivity contribution in [1.82, 2.24) is 0 Å². The number of rotatable bonds is 8. The molecule has 0 amide bonds. The zero-order valence-electron chi connectivity index (χ0n) is 25.3. The van der Waals surface area contributed by atoms with E-state index in [4.69, 9.17) is 4.79 Å². The summed E-state index contributed by atoms with van der Waals surface area (Å²) in [4.78, 5) is 23.4. The summed E-state index contributed by atoms with van der Waals surface area (Å²) in [5.41, 5.74) is 6.52.